The summed E-state index contributed by atoms with van der Waals surface area (Å²) < 4.78 is 0. The molecule has 0 amide bonds. The molecule has 2 saturated heterocycles. The first kappa shape index (κ1) is 12.9. The van der Waals surface area contributed by atoms with Gasteiger partial charge in [0.05, 0.1) is 11.4 Å². The van der Waals surface area contributed by atoms with Crippen LogP contribution in [-0.2, 0) is 0 Å². The van der Waals surface area contributed by atoms with Crippen LogP contribution in [0.3, 0.4) is 0 Å². The fourth-order valence-electron chi connectivity index (χ4n) is 3.68. The van der Waals surface area contributed by atoms with Gasteiger partial charge in [-0.25, -0.2) is 0 Å². The van der Waals surface area contributed by atoms with Gasteiger partial charge in [-0.05, 0) is 51.3 Å². The Morgan fingerprint density at radius 3 is 2.53 bits per heavy atom. The first-order chi connectivity index (χ1) is 9.15. The van der Waals surface area contributed by atoms with Gasteiger partial charge in [-0.3, -0.25) is 0 Å². The van der Waals surface area contributed by atoms with Crippen molar-refractivity contribution >= 4 is 0 Å². The Kier molecular flexibility index (Phi) is 3.44. The van der Waals surface area contributed by atoms with Crippen molar-refractivity contribution in [2.45, 2.75) is 25.7 Å². The molecule has 19 heavy (non-hydrogen) atoms. The second-order valence-corrected chi connectivity index (χ2v) is 6.39. The summed E-state index contributed by atoms with van der Waals surface area (Å²) >= 11 is 0. The predicted molar refractivity (Wildman–Crippen MR) is 78.3 cm³/mol. The molecule has 4 rings (SSSR count). The van der Waals surface area contributed by atoms with Crippen molar-refractivity contribution in [3.63, 3.8) is 0 Å². The highest BCUT2D eigenvalue weighted by Crippen LogP contribution is 2.34. The largest absolute Gasteiger partial charge is 0.396 e. The summed E-state index contributed by atoms with van der Waals surface area (Å²) in [6.07, 6.45) is 4.91. The van der Waals surface area contributed by atoms with Gasteiger partial charge in [-0.15, -0.1) is 0 Å². The zero-order valence-corrected chi connectivity index (χ0v) is 12.2. The number of rotatable bonds is 3. The van der Waals surface area contributed by atoms with Crippen molar-refractivity contribution in [3.05, 3.63) is 22.7 Å². The van der Waals surface area contributed by atoms with Gasteiger partial charge in [0.25, 0.3) is 0 Å². The Bertz CT molecular complexity index is 402. The molecule has 3 N–H and O–H groups in total. The summed E-state index contributed by atoms with van der Waals surface area (Å²) in [5.41, 5.74) is 11.5. The smallest absolute Gasteiger partial charge is 0.0745 e. The molecule has 0 atom stereocenters. The number of nitrogens with one attached hydrogen (secondary N) is 1. The molecule has 0 aromatic carbocycles. The minimum atomic E-state index is 0.852. The number of nitrogens with zero attached hydrogens (tertiary/aromatic N) is 2. The van der Waals surface area contributed by atoms with E-state index in [1.165, 1.54) is 55.9 Å². The Balaban J connectivity index is 1.66. The second kappa shape index (κ2) is 5.08. The highest BCUT2D eigenvalue weighted by Gasteiger charge is 2.30. The highest BCUT2D eigenvalue weighted by molar-refractivity contribution is 5.43. The van der Waals surface area contributed by atoms with Crippen molar-refractivity contribution in [2.75, 3.05) is 40.3 Å². The molecular weight excluding hydrogens is 236 g/mol. The Hall–Kier alpha value is -1.16. The van der Waals surface area contributed by atoms with E-state index in [1.54, 1.807) is 0 Å². The van der Waals surface area contributed by atoms with Gasteiger partial charge >= 0.3 is 0 Å². The molecular formula is C15H26N4. The zero-order valence-electron chi connectivity index (χ0n) is 12.2. The topological polar surface area (TPSA) is 44.5 Å². The van der Waals surface area contributed by atoms with Crippen LogP contribution in [0, 0.1) is 5.92 Å². The number of nitrogens with two attached hydrogens (primary N) is 1. The summed E-state index contributed by atoms with van der Waals surface area (Å²) in [5, 5.41) is 3.44. The number of likely N-dealkylation sites (tertiary alicyclic amines) is 1. The number of hydrogen-bond donors (Lipinski definition) is 2. The fourth-order valence-corrected chi connectivity index (χ4v) is 3.68. The van der Waals surface area contributed by atoms with Gasteiger partial charge in [0.2, 0.25) is 0 Å². The van der Waals surface area contributed by atoms with Crippen LogP contribution in [0.5, 0.6) is 0 Å². The van der Waals surface area contributed by atoms with Crippen LogP contribution in [-0.4, -0.2) is 50.1 Å². The summed E-state index contributed by atoms with van der Waals surface area (Å²) in [5.74, 6) is 0.852. The maximum atomic E-state index is 6.32. The van der Waals surface area contributed by atoms with Gasteiger partial charge in [-0.1, -0.05) is 0 Å². The maximum Gasteiger partial charge on any atom is 0.0745 e. The quantitative estimate of drug-likeness (QED) is 0.799. The lowest BCUT2D eigenvalue weighted by atomic mass is 9.89. The maximum absolute atomic E-state index is 6.32. The Morgan fingerprint density at radius 2 is 2.00 bits per heavy atom. The number of hydrogen-bond acceptors (Lipinski definition) is 4. The lowest BCUT2D eigenvalue weighted by Crippen LogP contribution is -2.43. The number of dihydropyridines is 1. The molecule has 2 fully saturated rings. The Labute approximate surface area is 116 Å². The summed E-state index contributed by atoms with van der Waals surface area (Å²) in [7, 11) is 4.34. The molecule has 0 unspecified atom stereocenters. The molecule has 0 spiro atoms. The third kappa shape index (κ3) is 2.46. The molecule has 4 nitrogen and oxygen atoms in total. The monoisotopic (exact) mass is 262 g/mol. The molecule has 0 radical (unpaired) electrons. The van der Waals surface area contributed by atoms with Gasteiger partial charge in [-0.2, -0.15) is 0 Å². The van der Waals surface area contributed by atoms with Gasteiger partial charge in [0.15, 0.2) is 0 Å². The third-order valence-electron chi connectivity index (χ3n) is 4.66. The van der Waals surface area contributed by atoms with Crippen molar-refractivity contribution in [1.29, 1.82) is 0 Å². The van der Waals surface area contributed by atoms with Crippen molar-refractivity contribution < 1.29 is 0 Å². The standard InChI is InChI=1S/C15H26N4/c1-18(2)10-11-5-7-19(8-6-11)15-12-3-4-13(14(15)16)17-9-12/h11,17H,3-10,16H2,1-2H3. The number of fused-ring (bicyclic) bond motifs is 3. The van der Waals surface area contributed by atoms with Crippen LogP contribution in [0.2, 0.25) is 0 Å². The molecule has 0 aromatic heterocycles. The molecule has 1 aliphatic carbocycles. The summed E-state index contributed by atoms with van der Waals surface area (Å²) in [6, 6.07) is 0. The second-order valence-electron chi connectivity index (χ2n) is 6.39. The molecule has 4 heteroatoms. The van der Waals surface area contributed by atoms with E-state index in [0.29, 0.717) is 0 Å². The van der Waals surface area contributed by atoms with E-state index in [4.69, 9.17) is 5.73 Å². The minimum absolute atomic E-state index is 0.852. The van der Waals surface area contributed by atoms with E-state index >= 15 is 0 Å². The van der Waals surface area contributed by atoms with Crippen LogP contribution in [0.4, 0.5) is 0 Å². The molecule has 3 aliphatic heterocycles. The van der Waals surface area contributed by atoms with Crippen LogP contribution < -0.4 is 11.1 Å². The Morgan fingerprint density at radius 1 is 1.26 bits per heavy atom. The first-order valence-corrected chi connectivity index (χ1v) is 7.49. The van der Waals surface area contributed by atoms with Crippen molar-refractivity contribution in [3.8, 4) is 0 Å². The normalized spacial score (nSPS) is 24.5. The SMILES string of the molecule is CN(C)CC1CCN(C2=C3CCC(=C2N)NC3)CC1. The van der Waals surface area contributed by atoms with E-state index in [0.717, 1.165) is 24.6 Å². The van der Waals surface area contributed by atoms with Gasteiger partial charge < -0.3 is 20.9 Å². The van der Waals surface area contributed by atoms with Crippen molar-refractivity contribution in [1.82, 2.24) is 15.1 Å². The summed E-state index contributed by atoms with van der Waals surface area (Å²) in [4.78, 5) is 4.85. The zero-order chi connectivity index (χ0) is 13.4. The van der Waals surface area contributed by atoms with Gasteiger partial charge in [0.1, 0.15) is 0 Å². The minimum Gasteiger partial charge on any atom is -0.396 e. The first-order valence-electron chi connectivity index (χ1n) is 7.49. The fraction of sp³-hybridized carbons (Fsp3) is 0.733. The van der Waals surface area contributed by atoms with E-state index in [2.05, 4.69) is 29.2 Å². The summed E-state index contributed by atoms with van der Waals surface area (Å²) in [6.45, 7) is 4.58. The van der Waals surface area contributed by atoms with E-state index in [1.807, 2.05) is 0 Å². The van der Waals surface area contributed by atoms with Crippen LogP contribution in [0.15, 0.2) is 22.7 Å². The third-order valence-corrected chi connectivity index (χ3v) is 4.66. The lowest BCUT2D eigenvalue weighted by molar-refractivity contribution is 0.192. The molecule has 106 valence electrons. The van der Waals surface area contributed by atoms with E-state index < -0.39 is 0 Å². The van der Waals surface area contributed by atoms with Crippen LogP contribution >= 0.6 is 0 Å². The average Bonchev–Trinajstić information content (AvgIpc) is 2.41. The molecule has 0 saturated carbocycles. The average molecular weight is 262 g/mol. The van der Waals surface area contributed by atoms with E-state index in [-0.39, 0.29) is 0 Å². The van der Waals surface area contributed by atoms with Crippen LogP contribution in [0.25, 0.3) is 0 Å². The predicted octanol–water partition coefficient (Wildman–Crippen LogP) is 1.08. The van der Waals surface area contributed by atoms with E-state index in [9.17, 15) is 0 Å². The molecule has 0 aromatic rings. The van der Waals surface area contributed by atoms with Gasteiger partial charge in [0, 0.05) is 31.9 Å². The highest BCUT2D eigenvalue weighted by atomic mass is 15.2. The molecule has 3 heterocycles. The number of piperidine rings is 2. The number of allylic oxidation sites excluding steroid dienone is 1. The van der Waals surface area contributed by atoms with Crippen molar-refractivity contribution in [2.24, 2.45) is 11.7 Å². The molecule has 4 aliphatic rings. The van der Waals surface area contributed by atoms with Crippen LogP contribution in [0.1, 0.15) is 25.7 Å². The molecule has 2 bridgehead atoms. The lowest BCUT2D eigenvalue weighted by Gasteiger charge is -2.41.